The lowest BCUT2D eigenvalue weighted by molar-refractivity contribution is -0.128. The van der Waals surface area contributed by atoms with Gasteiger partial charge in [-0.05, 0) is 0 Å². The molecule has 10 heavy (non-hydrogen) atoms. The first-order valence-corrected chi connectivity index (χ1v) is 3.51. The van der Waals surface area contributed by atoms with Crippen LogP contribution in [0.2, 0.25) is 0 Å². The second-order valence-electron chi connectivity index (χ2n) is 2.92. The minimum atomic E-state index is -0.816. The second-order valence-corrected chi connectivity index (χ2v) is 2.92. The van der Waals surface area contributed by atoms with Gasteiger partial charge in [0.05, 0.1) is 6.54 Å². The molecule has 1 heterocycles. The van der Waals surface area contributed by atoms with E-state index >= 15 is 0 Å². The first-order chi connectivity index (χ1) is 4.61. The minimum Gasteiger partial charge on any atom is -0.340 e. The fourth-order valence-electron chi connectivity index (χ4n) is 1.18. The Morgan fingerprint density at radius 1 is 1.60 bits per heavy atom. The summed E-state index contributed by atoms with van der Waals surface area (Å²) in [5, 5.41) is 0. The molecule has 1 rings (SSSR count). The van der Waals surface area contributed by atoms with E-state index in [0.29, 0.717) is 6.54 Å². The predicted octanol–water partition coefficient (Wildman–Crippen LogP) is 0.823. The Bertz CT molecular complexity index is 139. The van der Waals surface area contributed by atoms with Crippen LogP contribution in [0.5, 0.6) is 0 Å². The first-order valence-electron chi connectivity index (χ1n) is 3.51. The van der Waals surface area contributed by atoms with E-state index < -0.39 is 6.17 Å². The fourth-order valence-corrected chi connectivity index (χ4v) is 1.18. The number of likely N-dealkylation sites (tertiary alicyclic amines) is 1. The summed E-state index contributed by atoms with van der Waals surface area (Å²) in [6.07, 6.45) is -0.816. The van der Waals surface area contributed by atoms with Gasteiger partial charge in [-0.1, -0.05) is 6.92 Å². The summed E-state index contributed by atoms with van der Waals surface area (Å²) < 4.78 is 12.7. The largest absolute Gasteiger partial charge is 0.340 e. The molecule has 3 heteroatoms. The van der Waals surface area contributed by atoms with Crippen molar-refractivity contribution >= 4 is 5.91 Å². The average molecular weight is 145 g/mol. The Morgan fingerprint density at radius 3 is 2.40 bits per heavy atom. The third kappa shape index (κ3) is 1.28. The number of amides is 1. The number of carbonyl (C=O) groups excluding carboxylic acids is 1. The van der Waals surface area contributed by atoms with Crippen LogP contribution in [0.4, 0.5) is 4.39 Å². The highest BCUT2D eigenvalue weighted by Crippen LogP contribution is 2.18. The molecule has 58 valence electrons. The summed E-state index contributed by atoms with van der Waals surface area (Å²) in [6, 6.07) is 0. The second kappa shape index (κ2) is 2.56. The number of hydrogen-bond acceptors (Lipinski definition) is 1. The fraction of sp³-hybridized carbons (Fsp3) is 0.857. The summed E-state index contributed by atoms with van der Waals surface area (Å²) in [6.45, 7) is 4.17. The van der Waals surface area contributed by atoms with Crippen molar-refractivity contribution in [1.82, 2.24) is 4.90 Å². The molecule has 0 aromatic heterocycles. The molecule has 1 saturated heterocycles. The molecule has 1 fully saturated rings. The van der Waals surface area contributed by atoms with Crippen LogP contribution in [0.3, 0.4) is 0 Å². The summed E-state index contributed by atoms with van der Waals surface area (Å²) in [5.74, 6) is -0.00380. The molecule has 0 aromatic carbocycles. The molecule has 0 aromatic rings. The molecule has 0 aliphatic carbocycles. The van der Waals surface area contributed by atoms with Crippen LogP contribution >= 0.6 is 0 Å². The maximum absolute atomic E-state index is 12.7. The zero-order chi connectivity index (χ0) is 7.72. The van der Waals surface area contributed by atoms with Gasteiger partial charge in [-0.3, -0.25) is 4.79 Å². The monoisotopic (exact) mass is 145 g/mol. The highest BCUT2D eigenvalue weighted by Gasteiger charge is 2.30. The third-order valence-corrected chi connectivity index (χ3v) is 1.97. The lowest BCUT2D eigenvalue weighted by atomic mass is 10.1. The summed E-state index contributed by atoms with van der Waals surface area (Å²) in [4.78, 5) is 12.2. The number of rotatable bonds is 0. The van der Waals surface area contributed by atoms with Crippen LogP contribution in [0.1, 0.15) is 13.8 Å². The van der Waals surface area contributed by atoms with Crippen molar-refractivity contribution in [3.63, 3.8) is 0 Å². The quantitative estimate of drug-likeness (QED) is 0.494. The topological polar surface area (TPSA) is 20.3 Å². The zero-order valence-electron chi connectivity index (χ0n) is 6.30. The summed E-state index contributed by atoms with van der Waals surface area (Å²) in [5.41, 5.74) is 0. The van der Waals surface area contributed by atoms with Crippen LogP contribution in [-0.2, 0) is 4.79 Å². The van der Waals surface area contributed by atoms with E-state index in [0.717, 1.165) is 0 Å². The molecule has 1 amide bonds. The standard InChI is InChI=1S/C7H12FNO/c1-5-3-9(6(2)10)4-7(5)8/h5,7H,3-4H2,1-2H3/t5?,7-/m0/s1. The Hall–Kier alpha value is -0.600. The zero-order valence-corrected chi connectivity index (χ0v) is 6.30. The smallest absolute Gasteiger partial charge is 0.219 e. The number of alkyl halides is 1. The number of halogens is 1. The summed E-state index contributed by atoms with van der Waals surface area (Å²) >= 11 is 0. The van der Waals surface area contributed by atoms with Crippen molar-refractivity contribution in [2.75, 3.05) is 13.1 Å². The van der Waals surface area contributed by atoms with Crippen LogP contribution in [-0.4, -0.2) is 30.1 Å². The van der Waals surface area contributed by atoms with Crippen molar-refractivity contribution in [3.05, 3.63) is 0 Å². The molecule has 1 aliphatic rings. The molecule has 0 spiro atoms. The van der Waals surface area contributed by atoms with Crippen LogP contribution in [0.25, 0.3) is 0 Å². The van der Waals surface area contributed by atoms with E-state index in [9.17, 15) is 9.18 Å². The van der Waals surface area contributed by atoms with Gasteiger partial charge in [0.25, 0.3) is 0 Å². The van der Waals surface area contributed by atoms with Gasteiger partial charge in [0, 0.05) is 19.4 Å². The van der Waals surface area contributed by atoms with E-state index in [2.05, 4.69) is 0 Å². The lowest BCUT2D eigenvalue weighted by Gasteiger charge is -2.10. The van der Waals surface area contributed by atoms with Crippen molar-refractivity contribution in [2.45, 2.75) is 20.0 Å². The number of carbonyl (C=O) groups is 1. The molecular formula is C7H12FNO. The van der Waals surface area contributed by atoms with Crippen molar-refractivity contribution < 1.29 is 9.18 Å². The van der Waals surface area contributed by atoms with Gasteiger partial charge < -0.3 is 4.90 Å². The number of nitrogens with zero attached hydrogens (tertiary/aromatic N) is 1. The van der Waals surface area contributed by atoms with Crippen LogP contribution in [0.15, 0.2) is 0 Å². The molecule has 2 atom stereocenters. The SMILES string of the molecule is CC(=O)N1CC(C)[C@@H](F)C1. The molecule has 1 unspecified atom stereocenters. The minimum absolute atomic E-state index is 0.0175. The molecule has 0 radical (unpaired) electrons. The Balaban J connectivity index is 2.49. The molecule has 0 saturated carbocycles. The molecular weight excluding hydrogens is 133 g/mol. The average Bonchev–Trinajstić information content (AvgIpc) is 2.13. The van der Waals surface area contributed by atoms with Gasteiger partial charge in [0.2, 0.25) is 5.91 Å². The first kappa shape index (κ1) is 7.51. The lowest BCUT2D eigenvalue weighted by Crippen LogP contribution is -2.26. The van der Waals surface area contributed by atoms with Gasteiger partial charge in [0.15, 0.2) is 0 Å². The number of hydrogen-bond donors (Lipinski definition) is 0. The maximum Gasteiger partial charge on any atom is 0.219 e. The van der Waals surface area contributed by atoms with Crippen LogP contribution in [0, 0.1) is 5.92 Å². The molecule has 0 N–H and O–H groups in total. The highest BCUT2D eigenvalue weighted by molar-refractivity contribution is 5.73. The van der Waals surface area contributed by atoms with Crippen LogP contribution < -0.4 is 0 Å². The van der Waals surface area contributed by atoms with Crippen molar-refractivity contribution in [3.8, 4) is 0 Å². The maximum atomic E-state index is 12.7. The summed E-state index contributed by atoms with van der Waals surface area (Å²) in [7, 11) is 0. The van der Waals surface area contributed by atoms with Crippen molar-refractivity contribution in [1.29, 1.82) is 0 Å². The van der Waals surface area contributed by atoms with E-state index in [1.807, 2.05) is 6.92 Å². The predicted molar refractivity (Wildman–Crippen MR) is 36.3 cm³/mol. The van der Waals surface area contributed by atoms with Gasteiger partial charge in [-0.15, -0.1) is 0 Å². The van der Waals surface area contributed by atoms with E-state index in [1.165, 1.54) is 6.92 Å². The molecule has 0 bridgehead atoms. The third-order valence-electron chi connectivity index (χ3n) is 1.97. The van der Waals surface area contributed by atoms with Gasteiger partial charge >= 0.3 is 0 Å². The van der Waals surface area contributed by atoms with E-state index in [1.54, 1.807) is 4.90 Å². The van der Waals surface area contributed by atoms with E-state index in [-0.39, 0.29) is 18.4 Å². The van der Waals surface area contributed by atoms with Gasteiger partial charge in [-0.25, -0.2) is 4.39 Å². The molecule has 1 aliphatic heterocycles. The Kier molecular flexibility index (Phi) is 1.92. The molecule has 2 nitrogen and oxygen atoms in total. The Morgan fingerprint density at radius 2 is 2.20 bits per heavy atom. The van der Waals surface area contributed by atoms with Gasteiger partial charge in [0.1, 0.15) is 6.17 Å². The van der Waals surface area contributed by atoms with Crippen molar-refractivity contribution in [2.24, 2.45) is 5.92 Å². The normalized spacial score (nSPS) is 32.9. The van der Waals surface area contributed by atoms with E-state index in [4.69, 9.17) is 0 Å². The highest BCUT2D eigenvalue weighted by atomic mass is 19.1. The van der Waals surface area contributed by atoms with Gasteiger partial charge in [-0.2, -0.15) is 0 Å². The Labute approximate surface area is 60.0 Å².